The van der Waals surface area contributed by atoms with Crippen LogP contribution in [0.5, 0.6) is 11.5 Å². The van der Waals surface area contributed by atoms with Gasteiger partial charge in [-0.1, -0.05) is 32.0 Å². The van der Waals surface area contributed by atoms with Crippen molar-refractivity contribution in [2.75, 3.05) is 24.9 Å². The summed E-state index contributed by atoms with van der Waals surface area (Å²) < 4.78 is 10.6. The van der Waals surface area contributed by atoms with Gasteiger partial charge in [0.15, 0.2) is 11.5 Å². The van der Waals surface area contributed by atoms with Gasteiger partial charge >= 0.3 is 6.03 Å². The van der Waals surface area contributed by atoms with E-state index in [4.69, 9.17) is 9.47 Å². The molecule has 2 rings (SSSR count). The number of aryl methyl sites for hydroxylation is 1. The Hall–Kier alpha value is -3.22. The van der Waals surface area contributed by atoms with Gasteiger partial charge in [-0.2, -0.15) is 0 Å². The molecule has 0 spiro atoms. The highest BCUT2D eigenvalue weighted by molar-refractivity contribution is 6.00. The Kier molecular flexibility index (Phi) is 7.26. The number of carbonyl (C=O) groups excluding carboxylic acids is 2. The topological polar surface area (TPSA) is 88.7 Å². The number of para-hydroxylation sites is 1. The molecule has 0 unspecified atom stereocenters. The average Bonchev–Trinajstić information content (AvgIpc) is 2.67. The fourth-order valence-corrected chi connectivity index (χ4v) is 2.69. The predicted molar refractivity (Wildman–Crippen MR) is 110 cm³/mol. The summed E-state index contributed by atoms with van der Waals surface area (Å²) >= 11 is 0. The Labute approximate surface area is 165 Å². The van der Waals surface area contributed by atoms with Crippen molar-refractivity contribution >= 4 is 23.3 Å². The van der Waals surface area contributed by atoms with Crippen LogP contribution in [-0.4, -0.2) is 32.2 Å². The number of methoxy groups -OCH3 is 2. The van der Waals surface area contributed by atoms with E-state index in [9.17, 15) is 9.59 Å². The molecule has 0 saturated carbocycles. The molecule has 0 fully saturated rings. The van der Waals surface area contributed by atoms with E-state index in [-0.39, 0.29) is 11.8 Å². The molecule has 7 nitrogen and oxygen atoms in total. The number of hydrogen-bond donors (Lipinski definition) is 3. The van der Waals surface area contributed by atoms with Gasteiger partial charge in [-0.15, -0.1) is 0 Å². The number of carbonyl (C=O) groups is 2. The molecule has 2 aromatic carbocycles. The standard InChI is InChI=1S/C21H27N3O4/c1-13(2)19(24-21(26)22-15-9-7-6-8-10-15)20(25)23-16-12-18(28-5)17(27-4)11-14(16)3/h6-13,19H,1-5H3,(H,23,25)(H2,22,24,26)/t19-/m1/s1. The second kappa shape index (κ2) is 9.64. The van der Waals surface area contributed by atoms with Gasteiger partial charge in [0.05, 0.1) is 14.2 Å². The quantitative estimate of drug-likeness (QED) is 0.676. The van der Waals surface area contributed by atoms with Crippen molar-refractivity contribution in [2.45, 2.75) is 26.8 Å². The molecule has 3 amide bonds. The van der Waals surface area contributed by atoms with Crippen LogP contribution in [0.3, 0.4) is 0 Å². The number of urea groups is 1. The van der Waals surface area contributed by atoms with Crippen LogP contribution < -0.4 is 25.4 Å². The monoisotopic (exact) mass is 385 g/mol. The minimum atomic E-state index is -0.712. The van der Waals surface area contributed by atoms with E-state index in [1.165, 1.54) is 7.11 Å². The van der Waals surface area contributed by atoms with E-state index < -0.39 is 12.1 Å². The van der Waals surface area contributed by atoms with E-state index in [0.29, 0.717) is 22.9 Å². The molecule has 150 valence electrons. The maximum Gasteiger partial charge on any atom is 0.319 e. The zero-order chi connectivity index (χ0) is 20.7. The van der Waals surface area contributed by atoms with Crippen LogP contribution in [0.4, 0.5) is 16.2 Å². The van der Waals surface area contributed by atoms with E-state index in [1.54, 1.807) is 31.4 Å². The second-order valence-corrected chi connectivity index (χ2v) is 6.70. The fraction of sp³-hybridized carbons (Fsp3) is 0.333. The third-order valence-corrected chi connectivity index (χ3v) is 4.26. The average molecular weight is 385 g/mol. The number of anilines is 2. The van der Waals surface area contributed by atoms with E-state index >= 15 is 0 Å². The van der Waals surface area contributed by atoms with Crippen LogP contribution in [-0.2, 0) is 4.79 Å². The fourth-order valence-electron chi connectivity index (χ4n) is 2.69. The largest absolute Gasteiger partial charge is 0.493 e. The summed E-state index contributed by atoms with van der Waals surface area (Å²) in [6.07, 6.45) is 0. The van der Waals surface area contributed by atoms with Gasteiger partial charge in [-0.05, 0) is 36.6 Å². The number of nitrogens with one attached hydrogen (secondary N) is 3. The Balaban J connectivity index is 2.11. The number of rotatable bonds is 7. The zero-order valence-corrected chi connectivity index (χ0v) is 16.8. The van der Waals surface area contributed by atoms with E-state index in [1.807, 2.05) is 39.0 Å². The Bertz CT molecular complexity index is 822. The highest BCUT2D eigenvalue weighted by Gasteiger charge is 2.25. The first-order valence-corrected chi connectivity index (χ1v) is 9.01. The molecule has 1 atom stereocenters. The Morgan fingerprint density at radius 2 is 1.54 bits per heavy atom. The summed E-state index contributed by atoms with van der Waals surface area (Å²) in [5.41, 5.74) is 2.07. The lowest BCUT2D eigenvalue weighted by Gasteiger charge is -2.23. The van der Waals surface area contributed by atoms with Gasteiger partial charge in [-0.3, -0.25) is 4.79 Å². The maximum absolute atomic E-state index is 12.8. The first kappa shape index (κ1) is 21.1. The molecule has 2 aromatic rings. The van der Waals surface area contributed by atoms with Crippen LogP contribution in [0.1, 0.15) is 19.4 Å². The molecular formula is C21H27N3O4. The first-order chi connectivity index (χ1) is 13.3. The molecule has 0 aliphatic heterocycles. The molecular weight excluding hydrogens is 358 g/mol. The van der Waals surface area contributed by atoms with Crippen molar-refractivity contribution in [2.24, 2.45) is 5.92 Å². The molecule has 28 heavy (non-hydrogen) atoms. The molecule has 0 bridgehead atoms. The minimum absolute atomic E-state index is 0.109. The molecule has 0 aromatic heterocycles. The van der Waals surface area contributed by atoms with Gasteiger partial charge in [0.1, 0.15) is 6.04 Å². The minimum Gasteiger partial charge on any atom is -0.493 e. The van der Waals surface area contributed by atoms with Gasteiger partial charge in [0.25, 0.3) is 0 Å². The maximum atomic E-state index is 12.8. The lowest BCUT2D eigenvalue weighted by molar-refractivity contribution is -0.118. The Morgan fingerprint density at radius 3 is 2.11 bits per heavy atom. The van der Waals surface area contributed by atoms with Gasteiger partial charge in [-0.25, -0.2) is 4.79 Å². The molecule has 0 aliphatic carbocycles. The van der Waals surface area contributed by atoms with Crippen LogP contribution in [0.2, 0.25) is 0 Å². The Morgan fingerprint density at radius 1 is 0.929 bits per heavy atom. The molecule has 0 radical (unpaired) electrons. The second-order valence-electron chi connectivity index (χ2n) is 6.70. The normalized spacial score (nSPS) is 11.5. The lowest BCUT2D eigenvalue weighted by Crippen LogP contribution is -2.48. The van der Waals surface area contributed by atoms with Crippen molar-refractivity contribution in [1.29, 1.82) is 0 Å². The summed E-state index contributed by atoms with van der Waals surface area (Å²) in [6.45, 7) is 5.60. The third-order valence-electron chi connectivity index (χ3n) is 4.26. The van der Waals surface area contributed by atoms with Crippen LogP contribution >= 0.6 is 0 Å². The number of benzene rings is 2. The van der Waals surface area contributed by atoms with E-state index in [0.717, 1.165) is 5.56 Å². The van der Waals surface area contributed by atoms with Crippen molar-refractivity contribution in [3.05, 3.63) is 48.0 Å². The number of amides is 3. The smallest absolute Gasteiger partial charge is 0.319 e. The van der Waals surface area contributed by atoms with Crippen molar-refractivity contribution in [3.8, 4) is 11.5 Å². The SMILES string of the molecule is COc1cc(C)c(NC(=O)[C@H](NC(=O)Nc2ccccc2)C(C)C)cc1OC. The van der Waals surface area contributed by atoms with Crippen molar-refractivity contribution in [3.63, 3.8) is 0 Å². The zero-order valence-electron chi connectivity index (χ0n) is 16.8. The van der Waals surface area contributed by atoms with Gasteiger partial charge in [0.2, 0.25) is 5.91 Å². The molecule has 3 N–H and O–H groups in total. The molecule has 0 aliphatic rings. The third kappa shape index (κ3) is 5.39. The lowest BCUT2D eigenvalue weighted by atomic mass is 10.0. The highest BCUT2D eigenvalue weighted by atomic mass is 16.5. The van der Waals surface area contributed by atoms with Crippen LogP contribution in [0.25, 0.3) is 0 Å². The van der Waals surface area contributed by atoms with Gasteiger partial charge in [0, 0.05) is 17.4 Å². The van der Waals surface area contributed by atoms with Gasteiger partial charge < -0.3 is 25.4 Å². The predicted octanol–water partition coefficient (Wildman–Crippen LogP) is 3.80. The summed E-state index contributed by atoms with van der Waals surface area (Å²) in [7, 11) is 3.09. The van der Waals surface area contributed by atoms with Crippen LogP contribution in [0.15, 0.2) is 42.5 Å². The summed E-state index contributed by atoms with van der Waals surface area (Å²) in [6, 6.07) is 11.4. The number of ether oxygens (including phenoxy) is 2. The van der Waals surface area contributed by atoms with E-state index in [2.05, 4.69) is 16.0 Å². The summed E-state index contributed by atoms with van der Waals surface area (Å²) in [5.74, 6) is 0.675. The highest BCUT2D eigenvalue weighted by Crippen LogP contribution is 2.33. The first-order valence-electron chi connectivity index (χ1n) is 9.01. The van der Waals surface area contributed by atoms with Crippen LogP contribution in [0, 0.1) is 12.8 Å². The number of hydrogen-bond acceptors (Lipinski definition) is 4. The summed E-state index contributed by atoms with van der Waals surface area (Å²) in [5, 5.41) is 8.33. The summed E-state index contributed by atoms with van der Waals surface area (Å²) in [4.78, 5) is 25.1. The molecule has 0 saturated heterocycles. The molecule has 0 heterocycles. The van der Waals surface area contributed by atoms with Crippen molar-refractivity contribution in [1.82, 2.24) is 5.32 Å². The van der Waals surface area contributed by atoms with Crippen molar-refractivity contribution < 1.29 is 19.1 Å². The molecule has 7 heteroatoms.